The van der Waals surface area contributed by atoms with Crippen LogP contribution in [-0.4, -0.2) is 27.1 Å². The number of rotatable bonds is 3. The van der Waals surface area contributed by atoms with Crippen LogP contribution >= 0.6 is 0 Å². The third kappa shape index (κ3) is 4.25. The molecule has 2 aliphatic carbocycles. The average Bonchev–Trinajstić information content (AvgIpc) is 2.76. The average molecular weight is 463 g/mol. The SMILES string of the molecule is O=c1cc(-c2cnc(C3CC(F)(F)C3)cc2[C@H]2CC[C@H](C(F)(F)F)CC2)[nH]c2ccncc12. The van der Waals surface area contributed by atoms with Gasteiger partial charge in [-0.3, -0.25) is 14.8 Å². The molecule has 0 saturated heterocycles. The van der Waals surface area contributed by atoms with Crippen molar-refractivity contribution in [3.63, 3.8) is 0 Å². The molecule has 33 heavy (non-hydrogen) atoms. The zero-order valence-corrected chi connectivity index (χ0v) is 17.6. The molecule has 0 aromatic carbocycles. The minimum Gasteiger partial charge on any atom is -0.354 e. The second kappa shape index (κ2) is 7.88. The summed E-state index contributed by atoms with van der Waals surface area (Å²) in [5, 5.41) is 0.426. The number of alkyl halides is 5. The minimum absolute atomic E-state index is 0.0205. The van der Waals surface area contributed by atoms with Gasteiger partial charge in [-0.05, 0) is 49.3 Å². The molecule has 3 aromatic heterocycles. The highest BCUT2D eigenvalue weighted by Crippen LogP contribution is 2.49. The van der Waals surface area contributed by atoms with Gasteiger partial charge in [0, 0.05) is 54.7 Å². The number of pyridine rings is 3. The predicted molar refractivity (Wildman–Crippen MR) is 113 cm³/mol. The second-order valence-electron chi connectivity index (χ2n) is 9.22. The number of halogens is 5. The van der Waals surface area contributed by atoms with E-state index < -0.39 is 18.0 Å². The molecule has 174 valence electrons. The summed E-state index contributed by atoms with van der Waals surface area (Å²) in [6, 6.07) is 4.87. The number of hydrogen-bond acceptors (Lipinski definition) is 3. The zero-order chi connectivity index (χ0) is 23.4. The fourth-order valence-electron chi connectivity index (χ4n) is 5.11. The molecule has 5 rings (SSSR count). The molecule has 3 heterocycles. The van der Waals surface area contributed by atoms with E-state index in [4.69, 9.17) is 0 Å². The maximum atomic E-state index is 13.4. The lowest BCUT2D eigenvalue weighted by Gasteiger charge is -2.35. The lowest BCUT2D eigenvalue weighted by atomic mass is 9.75. The third-order valence-corrected chi connectivity index (χ3v) is 7.02. The Balaban J connectivity index is 1.54. The Morgan fingerprint density at radius 3 is 2.39 bits per heavy atom. The van der Waals surface area contributed by atoms with Crippen molar-refractivity contribution < 1.29 is 22.0 Å². The fraction of sp³-hybridized carbons (Fsp3) is 0.458. The van der Waals surface area contributed by atoms with E-state index in [9.17, 15) is 26.7 Å². The molecule has 0 amide bonds. The number of aromatic nitrogens is 3. The number of H-pyrrole nitrogens is 1. The first-order valence-electron chi connectivity index (χ1n) is 11.0. The van der Waals surface area contributed by atoms with Crippen molar-refractivity contribution in [1.29, 1.82) is 0 Å². The second-order valence-corrected chi connectivity index (χ2v) is 9.22. The van der Waals surface area contributed by atoms with Gasteiger partial charge < -0.3 is 4.98 Å². The number of hydrogen-bond donors (Lipinski definition) is 1. The van der Waals surface area contributed by atoms with Gasteiger partial charge in [-0.25, -0.2) is 8.78 Å². The smallest absolute Gasteiger partial charge is 0.354 e. The molecule has 1 N–H and O–H groups in total. The van der Waals surface area contributed by atoms with E-state index in [0.29, 0.717) is 40.7 Å². The zero-order valence-electron chi connectivity index (χ0n) is 17.6. The van der Waals surface area contributed by atoms with Gasteiger partial charge >= 0.3 is 6.18 Å². The van der Waals surface area contributed by atoms with E-state index in [1.165, 1.54) is 12.3 Å². The normalized spacial score (nSPS) is 23.4. The molecule has 2 saturated carbocycles. The van der Waals surface area contributed by atoms with E-state index in [-0.39, 0.29) is 42.9 Å². The molecule has 2 aliphatic rings. The van der Waals surface area contributed by atoms with Crippen molar-refractivity contribution in [1.82, 2.24) is 15.0 Å². The highest BCUT2D eigenvalue weighted by molar-refractivity contribution is 5.81. The van der Waals surface area contributed by atoms with E-state index in [2.05, 4.69) is 15.0 Å². The van der Waals surface area contributed by atoms with Crippen LogP contribution in [0.3, 0.4) is 0 Å². The standard InChI is InChI=1S/C24H22F5N3O/c25-23(26)9-14(10-23)20-7-16(13-1-3-15(4-2-13)24(27,28)29)17(12-31-20)21-8-22(33)18-11-30-6-5-19(18)32-21/h5-8,11-15H,1-4,9-10H2,(H,32,33)/t13-,15-. The molecule has 0 aliphatic heterocycles. The van der Waals surface area contributed by atoms with Crippen LogP contribution in [0.15, 0.2) is 41.6 Å². The van der Waals surface area contributed by atoms with Crippen molar-refractivity contribution in [2.45, 2.75) is 62.5 Å². The number of nitrogens with one attached hydrogen (secondary N) is 1. The first kappa shape index (κ1) is 22.0. The van der Waals surface area contributed by atoms with Crippen LogP contribution in [-0.2, 0) is 0 Å². The van der Waals surface area contributed by atoms with Gasteiger partial charge in [0.25, 0.3) is 0 Å². The van der Waals surface area contributed by atoms with Crippen LogP contribution in [0.1, 0.15) is 61.6 Å². The predicted octanol–water partition coefficient (Wildman–Crippen LogP) is 6.33. The molecule has 0 unspecified atom stereocenters. The van der Waals surface area contributed by atoms with Gasteiger partial charge in [-0.2, -0.15) is 13.2 Å². The van der Waals surface area contributed by atoms with Crippen molar-refractivity contribution in [3.05, 3.63) is 58.3 Å². The van der Waals surface area contributed by atoms with E-state index in [1.807, 2.05) is 0 Å². The summed E-state index contributed by atoms with van der Waals surface area (Å²) in [5.41, 5.74) is 2.77. The Kier molecular flexibility index (Phi) is 5.25. The molecular formula is C24H22F5N3O. The Bertz CT molecular complexity index is 1240. The van der Waals surface area contributed by atoms with Gasteiger partial charge in [0.1, 0.15) is 0 Å². The maximum absolute atomic E-state index is 13.4. The van der Waals surface area contributed by atoms with Gasteiger partial charge in [0.2, 0.25) is 5.92 Å². The lowest BCUT2D eigenvalue weighted by Crippen LogP contribution is -2.34. The fourth-order valence-corrected chi connectivity index (χ4v) is 5.11. The minimum atomic E-state index is -4.22. The van der Waals surface area contributed by atoms with Gasteiger partial charge in [-0.1, -0.05) is 0 Å². The molecule has 9 heteroatoms. The topological polar surface area (TPSA) is 58.6 Å². The molecule has 0 bridgehead atoms. The van der Waals surface area contributed by atoms with Crippen LogP contribution in [0.4, 0.5) is 22.0 Å². The van der Waals surface area contributed by atoms with E-state index in [1.54, 1.807) is 24.5 Å². The van der Waals surface area contributed by atoms with Crippen molar-refractivity contribution in [3.8, 4) is 11.3 Å². The van der Waals surface area contributed by atoms with Gasteiger partial charge in [-0.15, -0.1) is 0 Å². The van der Waals surface area contributed by atoms with Crippen LogP contribution in [0.25, 0.3) is 22.2 Å². The summed E-state index contributed by atoms with van der Waals surface area (Å²) in [6.07, 6.45) is 0.529. The quantitative estimate of drug-likeness (QED) is 0.462. The Morgan fingerprint density at radius 2 is 1.73 bits per heavy atom. The van der Waals surface area contributed by atoms with E-state index in [0.717, 1.165) is 5.56 Å². The van der Waals surface area contributed by atoms with Crippen LogP contribution in [0.5, 0.6) is 0 Å². The van der Waals surface area contributed by atoms with Gasteiger partial charge in [0.15, 0.2) is 5.43 Å². The maximum Gasteiger partial charge on any atom is 0.391 e. The Morgan fingerprint density at radius 1 is 1.00 bits per heavy atom. The monoisotopic (exact) mass is 463 g/mol. The first-order chi connectivity index (χ1) is 15.6. The Hall–Kier alpha value is -2.84. The van der Waals surface area contributed by atoms with Crippen LogP contribution in [0.2, 0.25) is 0 Å². The first-order valence-corrected chi connectivity index (χ1v) is 11.0. The molecule has 4 nitrogen and oxygen atoms in total. The summed E-state index contributed by atoms with van der Waals surface area (Å²) in [7, 11) is 0. The number of fused-ring (bicyclic) bond motifs is 1. The molecule has 3 aromatic rings. The largest absolute Gasteiger partial charge is 0.391 e. The Labute approximate surface area is 186 Å². The number of nitrogens with zero attached hydrogens (tertiary/aromatic N) is 2. The number of aromatic amines is 1. The lowest BCUT2D eigenvalue weighted by molar-refractivity contribution is -0.182. The summed E-state index contributed by atoms with van der Waals surface area (Å²) >= 11 is 0. The summed E-state index contributed by atoms with van der Waals surface area (Å²) in [5.74, 6) is -4.57. The summed E-state index contributed by atoms with van der Waals surface area (Å²) in [6.45, 7) is 0. The van der Waals surface area contributed by atoms with Crippen molar-refractivity contribution >= 4 is 10.9 Å². The van der Waals surface area contributed by atoms with Crippen LogP contribution in [0, 0.1) is 5.92 Å². The van der Waals surface area contributed by atoms with E-state index >= 15 is 0 Å². The summed E-state index contributed by atoms with van der Waals surface area (Å²) < 4.78 is 66.4. The van der Waals surface area contributed by atoms with Gasteiger partial charge in [0.05, 0.1) is 22.5 Å². The highest BCUT2D eigenvalue weighted by atomic mass is 19.4. The summed E-state index contributed by atoms with van der Waals surface area (Å²) in [4.78, 5) is 24.2. The van der Waals surface area contributed by atoms with Crippen LogP contribution < -0.4 is 5.43 Å². The molecule has 0 atom stereocenters. The molecule has 0 spiro atoms. The molecule has 2 fully saturated rings. The molecule has 0 radical (unpaired) electrons. The van der Waals surface area contributed by atoms with Crippen molar-refractivity contribution in [2.75, 3.05) is 0 Å². The highest BCUT2D eigenvalue weighted by Gasteiger charge is 2.47. The third-order valence-electron chi connectivity index (χ3n) is 7.02. The van der Waals surface area contributed by atoms with Crippen molar-refractivity contribution in [2.24, 2.45) is 5.92 Å². The molecular weight excluding hydrogens is 441 g/mol.